The third kappa shape index (κ3) is 4.52. The zero-order valence-electron chi connectivity index (χ0n) is 11.8. The number of nitrogens with zero attached hydrogens (tertiary/aromatic N) is 1. The first-order chi connectivity index (χ1) is 10.2. The molecule has 1 unspecified atom stereocenters. The van der Waals surface area contributed by atoms with Crippen molar-refractivity contribution in [3.8, 4) is 9.88 Å². The number of amides is 1. The van der Waals surface area contributed by atoms with E-state index in [1.54, 1.807) is 11.3 Å². The maximum atomic E-state index is 12.1. The Hall–Kier alpha value is -0.470. The second kappa shape index (κ2) is 8.40. The molecular formula is C14H17BrClN3OS2. The van der Waals surface area contributed by atoms with Gasteiger partial charge in [0.2, 0.25) is 0 Å². The molecule has 1 atom stereocenters. The Morgan fingerprint density at radius 2 is 2.36 bits per heavy atom. The number of nitrogens with one attached hydrogen (secondary N) is 2. The molecule has 2 N–H and O–H groups in total. The highest BCUT2D eigenvalue weighted by Gasteiger charge is 2.16. The number of piperidine rings is 1. The summed E-state index contributed by atoms with van der Waals surface area (Å²) in [4.78, 5) is 17.7. The number of halogens is 2. The first-order valence-corrected chi connectivity index (χ1v) is 9.41. The monoisotopic (exact) mass is 421 g/mol. The Morgan fingerprint density at radius 3 is 3.05 bits per heavy atom. The van der Waals surface area contributed by atoms with Gasteiger partial charge >= 0.3 is 0 Å². The molecule has 0 saturated carbocycles. The van der Waals surface area contributed by atoms with Gasteiger partial charge in [0.25, 0.3) is 5.91 Å². The van der Waals surface area contributed by atoms with Crippen LogP contribution < -0.4 is 10.6 Å². The fraction of sp³-hybridized carbons (Fsp3) is 0.429. The number of carbonyl (C=O) groups is 1. The summed E-state index contributed by atoms with van der Waals surface area (Å²) in [6, 6.07) is 4.01. The highest BCUT2D eigenvalue weighted by atomic mass is 79.9. The van der Waals surface area contributed by atoms with E-state index in [9.17, 15) is 4.79 Å². The highest BCUT2D eigenvalue weighted by Crippen LogP contribution is 2.33. The van der Waals surface area contributed by atoms with Gasteiger partial charge in [-0.1, -0.05) is 0 Å². The highest BCUT2D eigenvalue weighted by molar-refractivity contribution is 9.11. The van der Waals surface area contributed by atoms with Gasteiger partial charge in [0.1, 0.15) is 10.7 Å². The Balaban J connectivity index is 0.00000176. The van der Waals surface area contributed by atoms with Crippen molar-refractivity contribution in [3.63, 3.8) is 0 Å². The van der Waals surface area contributed by atoms with E-state index in [0.29, 0.717) is 11.6 Å². The zero-order valence-corrected chi connectivity index (χ0v) is 15.8. The van der Waals surface area contributed by atoms with Crippen LogP contribution in [-0.4, -0.2) is 30.5 Å². The van der Waals surface area contributed by atoms with Gasteiger partial charge in [0.05, 0.1) is 8.66 Å². The van der Waals surface area contributed by atoms with Crippen LogP contribution in [0, 0.1) is 5.92 Å². The number of carbonyl (C=O) groups excluding carboxylic acids is 1. The minimum absolute atomic E-state index is 0. The van der Waals surface area contributed by atoms with E-state index >= 15 is 0 Å². The van der Waals surface area contributed by atoms with Crippen LogP contribution in [0.15, 0.2) is 21.3 Å². The molecule has 2 aromatic heterocycles. The van der Waals surface area contributed by atoms with Crippen LogP contribution in [0.1, 0.15) is 23.3 Å². The second-order valence-electron chi connectivity index (χ2n) is 5.06. The molecule has 22 heavy (non-hydrogen) atoms. The van der Waals surface area contributed by atoms with Gasteiger partial charge in [0, 0.05) is 11.9 Å². The topological polar surface area (TPSA) is 54.0 Å². The quantitative estimate of drug-likeness (QED) is 0.788. The summed E-state index contributed by atoms with van der Waals surface area (Å²) in [5, 5.41) is 9.09. The van der Waals surface area contributed by atoms with E-state index < -0.39 is 0 Å². The van der Waals surface area contributed by atoms with Gasteiger partial charge in [-0.25, -0.2) is 4.98 Å². The summed E-state index contributed by atoms with van der Waals surface area (Å²) in [6.07, 6.45) is 2.37. The molecule has 1 aliphatic heterocycles. The van der Waals surface area contributed by atoms with E-state index in [1.807, 2.05) is 17.5 Å². The standard InChI is InChI=1S/C14H16BrN3OS2.ClH/c15-12-4-3-11(21-12)14-18-10(8-20-14)13(19)17-7-9-2-1-5-16-6-9;/h3-4,8-9,16H,1-2,5-7H2,(H,17,19);1H. The van der Waals surface area contributed by atoms with Crippen LogP contribution in [0.2, 0.25) is 0 Å². The molecule has 1 aliphatic rings. The van der Waals surface area contributed by atoms with Crippen LogP contribution in [0.25, 0.3) is 9.88 Å². The van der Waals surface area contributed by atoms with Gasteiger partial charge in [0.15, 0.2) is 0 Å². The lowest BCUT2D eigenvalue weighted by atomic mass is 10.00. The third-order valence-electron chi connectivity index (χ3n) is 3.47. The lowest BCUT2D eigenvalue weighted by Gasteiger charge is -2.22. The molecule has 0 aliphatic carbocycles. The average molecular weight is 423 g/mol. The predicted molar refractivity (Wildman–Crippen MR) is 98.3 cm³/mol. The first kappa shape index (κ1) is 17.9. The smallest absolute Gasteiger partial charge is 0.270 e. The maximum absolute atomic E-state index is 12.1. The Morgan fingerprint density at radius 1 is 1.50 bits per heavy atom. The van der Waals surface area contributed by atoms with Gasteiger partial charge in [-0.15, -0.1) is 35.1 Å². The summed E-state index contributed by atoms with van der Waals surface area (Å²) in [6.45, 7) is 2.81. The van der Waals surface area contributed by atoms with Gasteiger partial charge in [-0.05, 0) is 59.9 Å². The van der Waals surface area contributed by atoms with E-state index in [-0.39, 0.29) is 18.3 Å². The number of thiophene rings is 1. The van der Waals surface area contributed by atoms with Crippen LogP contribution in [0.4, 0.5) is 0 Å². The molecule has 0 aromatic carbocycles. The van der Waals surface area contributed by atoms with Crippen molar-refractivity contribution in [1.29, 1.82) is 0 Å². The molecule has 0 radical (unpaired) electrons. The summed E-state index contributed by atoms with van der Waals surface area (Å²) >= 11 is 6.58. The summed E-state index contributed by atoms with van der Waals surface area (Å²) < 4.78 is 1.07. The van der Waals surface area contributed by atoms with Crippen LogP contribution in [0.5, 0.6) is 0 Å². The number of hydrogen-bond acceptors (Lipinski definition) is 5. The summed E-state index contributed by atoms with van der Waals surface area (Å²) in [5.74, 6) is 0.466. The molecule has 4 nitrogen and oxygen atoms in total. The summed E-state index contributed by atoms with van der Waals surface area (Å²) in [7, 11) is 0. The normalized spacial score (nSPS) is 17.8. The van der Waals surface area contributed by atoms with Crippen molar-refractivity contribution in [3.05, 3.63) is 27.0 Å². The molecule has 0 bridgehead atoms. The number of rotatable bonds is 4. The molecule has 0 spiro atoms. The fourth-order valence-electron chi connectivity index (χ4n) is 2.35. The fourth-order valence-corrected chi connectivity index (χ4v) is 4.60. The van der Waals surface area contributed by atoms with E-state index in [1.165, 1.54) is 24.2 Å². The molecule has 1 amide bonds. The molecule has 1 fully saturated rings. The van der Waals surface area contributed by atoms with E-state index in [2.05, 4.69) is 31.5 Å². The first-order valence-electron chi connectivity index (χ1n) is 6.92. The average Bonchev–Trinajstić information content (AvgIpc) is 3.14. The molecule has 1 saturated heterocycles. The van der Waals surface area contributed by atoms with Gasteiger partial charge in [-0.2, -0.15) is 0 Å². The molecule has 8 heteroatoms. The van der Waals surface area contributed by atoms with Crippen LogP contribution >= 0.6 is 51.0 Å². The van der Waals surface area contributed by atoms with Gasteiger partial charge < -0.3 is 10.6 Å². The third-order valence-corrected chi connectivity index (χ3v) is 6.11. The molecule has 2 aromatic rings. The Labute approximate surface area is 152 Å². The largest absolute Gasteiger partial charge is 0.350 e. The molecular weight excluding hydrogens is 406 g/mol. The van der Waals surface area contributed by atoms with E-state index in [0.717, 1.165) is 33.3 Å². The molecule has 120 valence electrons. The number of thiazole rings is 1. The van der Waals surface area contributed by atoms with Crippen molar-refractivity contribution in [2.45, 2.75) is 12.8 Å². The van der Waals surface area contributed by atoms with Crippen molar-refractivity contribution < 1.29 is 4.79 Å². The predicted octanol–water partition coefficient (Wildman–Crippen LogP) is 3.79. The van der Waals surface area contributed by atoms with Crippen molar-refractivity contribution in [1.82, 2.24) is 15.6 Å². The Bertz CT molecular complexity index is 625. The van der Waals surface area contributed by atoms with Crippen molar-refractivity contribution in [2.24, 2.45) is 5.92 Å². The SMILES string of the molecule is Cl.O=C(NCC1CCCNC1)c1csc(-c2ccc(Br)s2)n1. The van der Waals surface area contributed by atoms with Crippen LogP contribution in [-0.2, 0) is 0 Å². The molecule has 3 heterocycles. The number of aromatic nitrogens is 1. The lowest BCUT2D eigenvalue weighted by molar-refractivity contribution is 0.0940. The Kier molecular flexibility index (Phi) is 6.83. The van der Waals surface area contributed by atoms with Crippen LogP contribution in [0.3, 0.4) is 0 Å². The van der Waals surface area contributed by atoms with Crippen molar-refractivity contribution >= 4 is 56.9 Å². The second-order valence-corrected chi connectivity index (χ2v) is 8.39. The maximum Gasteiger partial charge on any atom is 0.270 e. The summed E-state index contributed by atoms with van der Waals surface area (Å²) in [5.41, 5.74) is 0.517. The minimum Gasteiger partial charge on any atom is -0.350 e. The number of hydrogen-bond donors (Lipinski definition) is 2. The van der Waals surface area contributed by atoms with Gasteiger partial charge in [-0.3, -0.25) is 4.79 Å². The van der Waals surface area contributed by atoms with Crippen molar-refractivity contribution in [2.75, 3.05) is 19.6 Å². The zero-order chi connectivity index (χ0) is 14.7. The lowest BCUT2D eigenvalue weighted by Crippen LogP contribution is -2.38. The minimum atomic E-state index is -0.0707. The molecule has 3 rings (SSSR count). The van der Waals surface area contributed by atoms with E-state index in [4.69, 9.17) is 0 Å².